The zero-order valence-corrected chi connectivity index (χ0v) is 15.7. The summed E-state index contributed by atoms with van der Waals surface area (Å²) in [6, 6.07) is 5.81. The Morgan fingerprint density at radius 3 is 2.85 bits per heavy atom. The molecule has 1 aromatic carbocycles. The molecule has 0 saturated carbocycles. The topological polar surface area (TPSA) is 128 Å². The van der Waals surface area contributed by atoms with Crippen LogP contribution in [0.4, 0.5) is 0 Å². The van der Waals surface area contributed by atoms with Gasteiger partial charge < -0.3 is 15.4 Å². The second-order valence-corrected chi connectivity index (χ2v) is 7.18. The van der Waals surface area contributed by atoms with Crippen molar-refractivity contribution >= 4 is 28.3 Å². The van der Waals surface area contributed by atoms with Crippen molar-refractivity contribution in [3.05, 3.63) is 41.2 Å². The Kier molecular flexibility index (Phi) is 6.24. The highest BCUT2D eigenvalue weighted by atomic mass is 35.5. The lowest BCUT2D eigenvalue weighted by molar-refractivity contribution is 0.0947. The molecule has 0 aliphatic carbocycles. The first-order valence-corrected chi connectivity index (χ1v) is 9.18. The Balaban J connectivity index is 0.00000243. The lowest BCUT2D eigenvalue weighted by Crippen LogP contribution is -2.28. The molecule has 2 aromatic rings. The minimum absolute atomic E-state index is 0. The summed E-state index contributed by atoms with van der Waals surface area (Å²) < 4.78 is 30.0. The number of rotatable bonds is 5. The van der Waals surface area contributed by atoms with E-state index in [2.05, 4.69) is 15.7 Å². The van der Waals surface area contributed by atoms with Crippen molar-refractivity contribution in [2.75, 3.05) is 13.7 Å². The van der Waals surface area contributed by atoms with E-state index in [1.165, 1.54) is 25.3 Å². The van der Waals surface area contributed by atoms with Crippen molar-refractivity contribution in [3.63, 3.8) is 0 Å². The number of nitrogens with zero attached hydrogens (tertiary/aromatic N) is 2. The first-order valence-electron chi connectivity index (χ1n) is 7.64. The molecule has 0 saturated heterocycles. The van der Waals surface area contributed by atoms with Gasteiger partial charge >= 0.3 is 0 Å². The average molecular weight is 402 g/mol. The van der Waals surface area contributed by atoms with Crippen LogP contribution in [0.2, 0.25) is 0 Å². The van der Waals surface area contributed by atoms with Crippen LogP contribution in [-0.2, 0) is 29.7 Å². The standard InChI is InChI=1S/C15H19N5O4S.ClH/c1-24-14-3-2-12(25(16,22)23)7-13(14)15(21)18-8-10-6-11-9-17-4-5-20(11)19-10;/h2-3,6-7,17H,4-5,8-9H2,1H3,(H,18,21)(H2,16,22,23);1H. The number of benzene rings is 1. The van der Waals surface area contributed by atoms with Gasteiger partial charge in [0, 0.05) is 13.1 Å². The van der Waals surface area contributed by atoms with E-state index >= 15 is 0 Å². The highest BCUT2D eigenvalue weighted by molar-refractivity contribution is 7.89. The summed E-state index contributed by atoms with van der Waals surface area (Å²) >= 11 is 0. The third-order valence-electron chi connectivity index (χ3n) is 3.89. The third-order valence-corrected chi connectivity index (χ3v) is 4.81. The zero-order chi connectivity index (χ0) is 18.0. The van der Waals surface area contributed by atoms with Crippen molar-refractivity contribution < 1.29 is 17.9 Å². The Morgan fingerprint density at radius 1 is 1.42 bits per heavy atom. The Hall–Kier alpha value is -2.14. The van der Waals surface area contributed by atoms with Gasteiger partial charge in [-0.05, 0) is 24.3 Å². The molecular formula is C15H20ClN5O4S. The fraction of sp³-hybridized carbons (Fsp3) is 0.333. The van der Waals surface area contributed by atoms with Gasteiger partial charge in [-0.2, -0.15) is 5.10 Å². The number of aromatic nitrogens is 2. The van der Waals surface area contributed by atoms with Gasteiger partial charge in [0.15, 0.2) is 0 Å². The Bertz CT molecular complexity index is 889. The largest absolute Gasteiger partial charge is 0.496 e. The first-order chi connectivity index (χ1) is 11.9. The van der Waals surface area contributed by atoms with Gasteiger partial charge in [-0.1, -0.05) is 0 Å². The molecule has 26 heavy (non-hydrogen) atoms. The Morgan fingerprint density at radius 2 is 2.19 bits per heavy atom. The molecule has 1 aliphatic heterocycles. The number of carbonyl (C=O) groups is 1. The molecule has 0 unspecified atom stereocenters. The number of fused-ring (bicyclic) bond motifs is 1. The van der Waals surface area contributed by atoms with E-state index < -0.39 is 15.9 Å². The summed E-state index contributed by atoms with van der Waals surface area (Å²) in [5, 5.41) is 15.5. The fourth-order valence-corrected chi connectivity index (χ4v) is 3.19. The SMILES string of the molecule is COc1ccc(S(N)(=O)=O)cc1C(=O)NCc1cc2n(n1)CCNC2.Cl. The predicted octanol–water partition coefficient (Wildman–Crippen LogP) is -0.00590. The smallest absolute Gasteiger partial charge is 0.255 e. The first kappa shape index (κ1) is 20.2. The van der Waals surface area contributed by atoms with Crippen LogP contribution in [0.5, 0.6) is 5.75 Å². The number of hydrogen-bond acceptors (Lipinski definition) is 6. The van der Waals surface area contributed by atoms with Crippen LogP contribution < -0.4 is 20.5 Å². The number of hydrogen-bond donors (Lipinski definition) is 3. The highest BCUT2D eigenvalue weighted by Gasteiger charge is 2.18. The number of amides is 1. The van der Waals surface area contributed by atoms with E-state index in [0.717, 1.165) is 31.0 Å². The van der Waals surface area contributed by atoms with Gasteiger partial charge in [-0.25, -0.2) is 13.6 Å². The monoisotopic (exact) mass is 401 g/mol. The lowest BCUT2D eigenvalue weighted by Gasteiger charge is -2.13. The van der Waals surface area contributed by atoms with E-state index in [-0.39, 0.29) is 35.2 Å². The molecule has 4 N–H and O–H groups in total. The van der Waals surface area contributed by atoms with Crippen LogP contribution >= 0.6 is 12.4 Å². The van der Waals surface area contributed by atoms with Gasteiger partial charge in [0.1, 0.15) is 5.75 Å². The van der Waals surface area contributed by atoms with E-state index in [4.69, 9.17) is 9.88 Å². The van der Waals surface area contributed by atoms with Crippen LogP contribution in [0, 0.1) is 0 Å². The number of methoxy groups -OCH3 is 1. The number of primary sulfonamides is 1. The number of halogens is 1. The fourth-order valence-electron chi connectivity index (χ4n) is 2.65. The average Bonchev–Trinajstić information content (AvgIpc) is 3.01. The van der Waals surface area contributed by atoms with Crippen LogP contribution in [0.3, 0.4) is 0 Å². The van der Waals surface area contributed by atoms with Crippen molar-refractivity contribution in [2.45, 2.75) is 24.5 Å². The van der Waals surface area contributed by atoms with Crippen molar-refractivity contribution in [2.24, 2.45) is 5.14 Å². The second-order valence-electron chi connectivity index (χ2n) is 5.62. The molecule has 1 aliphatic rings. The molecule has 0 radical (unpaired) electrons. The van der Waals surface area contributed by atoms with Gasteiger partial charge in [-0.15, -0.1) is 12.4 Å². The molecule has 0 bridgehead atoms. The molecule has 11 heteroatoms. The highest BCUT2D eigenvalue weighted by Crippen LogP contribution is 2.22. The lowest BCUT2D eigenvalue weighted by atomic mass is 10.2. The van der Waals surface area contributed by atoms with Crippen molar-refractivity contribution in [1.82, 2.24) is 20.4 Å². The molecule has 3 rings (SSSR count). The zero-order valence-electron chi connectivity index (χ0n) is 14.1. The third kappa shape index (κ3) is 4.33. The molecule has 1 aromatic heterocycles. The predicted molar refractivity (Wildman–Crippen MR) is 96.7 cm³/mol. The number of carbonyl (C=O) groups excluding carboxylic acids is 1. The van der Waals surface area contributed by atoms with E-state index in [9.17, 15) is 13.2 Å². The number of nitrogens with one attached hydrogen (secondary N) is 2. The molecular weight excluding hydrogens is 382 g/mol. The molecule has 0 spiro atoms. The number of ether oxygens (including phenoxy) is 1. The minimum atomic E-state index is -3.91. The van der Waals surface area contributed by atoms with Gasteiger partial charge in [0.25, 0.3) is 5.91 Å². The van der Waals surface area contributed by atoms with Gasteiger partial charge in [-0.3, -0.25) is 9.48 Å². The van der Waals surface area contributed by atoms with Gasteiger partial charge in [0.2, 0.25) is 10.0 Å². The quantitative estimate of drug-likeness (QED) is 0.646. The molecule has 9 nitrogen and oxygen atoms in total. The number of sulfonamides is 1. The molecule has 2 heterocycles. The summed E-state index contributed by atoms with van der Waals surface area (Å²) in [5.74, 6) is -0.204. The van der Waals surface area contributed by atoms with Crippen LogP contribution in [0.25, 0.3) is 0 Å². The summed E-state index contributed by atoms with van der Waals surface area (Å²) in [7, 11) is -2.51. The maximum absolute atomic E-state index is 12.4. The maximum atomic E-state index is 12.4. The number of nitrogens with two attached hydrogens (primary N) is 1. The Labute approximate surface area is 157 Å². The van der Waals surface area contributed by atoms with Crippen LogP contribution in [0.15, 0.2) is 29.2 Å². The normalized spacial score (nSPS) is 13.5. The van der Waals surface area contributed by atoms with E-state index in [1.54, 1.807) is 0 Å². The summed E-state index contributed by atoms with van der Waals surface area (Å²) in [6.07, 6.45) is 0. The summed E-state index contributed by atoms with van der Waals surface area (Å²) in [6.45, 7) is 2.61. The van der Waals surface area contributed by atoms with Crippen LogP contribution in [-0.4, -0.2) is 37.8 Å². The molecule has 0 atom stereocenters. The van der Waals surface area contributed by atoms with Crippen molar-refractivity contribution in [3.8, 4) is 5.75 Å². The van der Waals surface area contributed by atoms with Crippen molar-refractivity contribution in [1.29, 1.82) is 0 Å². The molecule has 0 fully saturated rings. The van der Waals surface area contributed by atoms with E-state index in [0.29, 0.717) is 0 Å². The van der Waals surface area contributed by atoms with Gasteiger partial charge in [0.05, 0.1) is 42.0 Å². The summed E-state index contributed by atoms with van der Waals surface area (Å²) in [4.78, 5) is 12.3. The summed E-state index contributed by atoms with van der Waals surface area (Å²) in [5.41, 5.74) is 1.89. The van der Waals surface area contributed by atoms with Crippen LogP contribution in [0.1, 0.15) is 21.7 Å². The molecule has 1 amide bonds. The second kappa shape index (κ2) is 8.04. The minimum Gasteiger partial charge on any atom is -0.496 e. The molecule has 142 valence electrons. The van der Waals surface area contributed by atoms with E-state index in [1.807, 2.05) is 10.7 Å². The maximum Gasteiger partial charge on any atom is 0.255 e.